The molecule has 3 nitrogen and oxygen atoms in total. The predicted octanol–water partition coefficient (Wildman–Crippen LogP) is 3.52. The first-order valence-electron chi connectivity index (χ1n) is 6.71. The molecular formula is C16H21NO2. The summed E-state index contributed by atoms with van der Waals surface area (Å²) >= 11 is 0. The van der Waals surface area contributed by atoms with Crippen LogP contribution >= 0.6 is 0 Å². The Morgan fingerprint density at radius 1 is 1.16 bits per heavy atom. The zero-order chi connectivity index (χ0) is 13.5. The lowest BCUT2D eigenvalue weighted by Gasteiger charge is -2.16. The van der Waals surface area contributed by atoms with Crippen LogP contribution in [0.25, 0.3) is 0 Å². The number of hydrogen-bond acceptors (Lipinski definition) is 3. The van der Waals surface area contributed by atoms with Gasteiger partial charge in [-0.25, -0.2) is 0 Å². The first kappa shape index (κ1) is 13.8. The standard InChI is InChI=1S/C16H21NO2/c1-3-11-17-16(13-7-5-4-6-8-13)15-10-9-14(19-15)12-18-2/h4-10,16-17H,3,11-12H2,1-2H3. The average molecular weight is 259 g/mol. The van der Waals surface area contributed by atoms with E-state index in [-0.39, 0.29) is 6.04 Å². The van der Waals surface area contributed by atoms with Crippen molar-refractivity contribution < 1.29 is 9.15 Å². The number of rotatable bonds is 7. The Morgan fingerprint density at radius 2 is 1.95 bits per heavy atom. The maximum atomic E-state index is 5.85. The molecule has 1 aromatic heterocycles. The third-order valence-corrected chi connectivity index (χ3v) is 2.98. The smallest absolute Gasteiger partial charge is 0.129 e. The minimum atomic E-state index is 0.103. The number of nitrogens with one attached hydrogen (secondary N) is 1. The summed E-state index contributed by atoms with van der Waals surface area (Å²) in [6, 6.07) is 14.5. The summed E-state index contributed by atoms with van der Waals surface area (Å²) in [5.74, 6) is 1.79. The molecule has 0 aliphatic rings. The van der Waals surface area contributed by atoms with Crippen LogP contribution in [0, 0.1) is 0 Å². The Bertz CT molecular complexity index is 479. The molecule has 1 atom stereocenters. The fourth-order valence-corrected chi connectivity index (χ4v) is 2.09. The van der Waals surface area contributed by atoms with Gasteiger partial charge in [-0.05, 0) is 30.7 Å². The van der Waals surface area contributed by atoms with E-state index in [2.05, 4.69) is 36.5 Å². The Kier molecular flexibility index (Phi) is 5.19. The molecule has 1 unspecified atom stereocenters. The molecule has 0 amide bonds. The van der Waals surface area contributed by atoms with E-state index >= 15 is 0 Å². The Labute approximate surface area is 114 Å². The first-order chi connectivity index (χ1) is 9.35. The summed E-state index contributed by atoms with van der Waals surface area (Å²) in [5, 5.41) is 3.52. The molecule has 2 rings (SSSR count). The van der Waals surface area contributed by atoms with Crippen LogP contribution in [0.3, 0.4) is 0 Å². The summed E-state index contributed by atoms with van der Waals surface area (Å²) in [6.45, 7) is 3.63. The van der Waals surface area contributed by atoms with Gasteiger partial charge in [-0.3, -0.25) is 0 Å². The van der Waals surface area contributed by atoms with Crippen molar-refractivity contribution in [1.82, 2.24) is 5.32 Å². The molecule has 1 heterocycles. The second kappa shape index (κ2) is 7.12. The molecule has 0 aliphatic heterocycles. The maximum Gasteiger partial charge on any atom is 0.129 e. The van der Waals surface area contributed by atoms with Crippen LogP contribution < -0.4 is 5.32 Å². The highest BCUT2D eigenvalue weighted by molar-refractivity contribution is 5.27. The summed E-state index contributed by atoms with van der Waals surface area (Å²) in [7, 11) is 1.67. The zero-order valence-corrected chi connectivity index (χ0v) is 11.6. The van der Waals surface area contributed by atoms with E-state index in [0.29, 0.717) is 6.61 Å². The van der Waals surface area contributed by atoms with Crippen LogP contribution in [0.1, 0.15) is 36.5 Å². The highest BCUT2D eigenvalue weighted by atomic mass is 16.5. The van der Waals surface area contributed by atoms with Crippen molar-refractivity contribution >= 4 is 0 Å². The predicted molar refractivity (Wildman–Crippen MR) is 76.0 cm³/mol. The van der Waals surface area contributed by atoms with Crippen molar-refractivity contribution in [2.75, 3.05) is 13.7 Å². The van der Waals surface area contributed by atoms with Crippen molar-refractivity contribution in [3.8, 4) is 0 Å². The molecule has 0 saturated heterocycles. The van der Waals surface area contributed by atoms with Crippen molar-refractivity contribution in [2.45, 2.75) is 26.0 Å². The number of methoxy groups -OCH3 is 1. The van der Waals surface area contributed by atoms with Crippen LogP contribution in [0.15, 0.2) is 46.9 Å². The Morgan fingerprint density at radius 3 is 2.63 bits per heavy atom. The van der Waals surface area contributed by atoms with Crippen LogP contribution in [-0.2, 0) is 11.3 Å². The first-order valence-corrected chi connectivity index (χ1v) is 6.71. The molecule has 0 aliphatic carbocycles. The van der Waals surface area contributed by atoms with Gasteiger partial charge in [0.05, 0.1) is 6.04 Å². The lowest BCUT2D eigenvalue weighted by Crippen LogP contribution is -2.22. The molecular weight excluding hydrogens is 238 g/mol. The molecule has 102 valence electrons. The second-order valence-electron chi connectivity index (χ2n) is 4.53. The van der Waals surface area contributed by atoms with Crippen molar-refractivity contribution in [3.63, 3.8) is 0 Å². The Balaban J connectivity index is 2.21. The van der Waals surface area contributed by atoms with Gasteiger partial charge in [0.2, 0.25) is 0 Å². The average Bonchev–Trinajstić information content (AvgIpc) is 2.89. The minimum Gasteiger partial charge on any atom is -0.462 e. The highest BCUT2D eigenvalue weighted by Gasteiger charge is 2.16. The topological polar surface area (TPSA) is 34.4 Å². The van der Waals surface area contributed by atoms with Gasteiger partial charge in [0, 0.05) is 7.11 Å². The van der Waals surface area contributed by atoms with Crippen LogP contribution in [0.4, 0.5) is 0 Å². The molecule has 0 radical (unpaired) electrons. The van der Waals surface area contributed by atoms with Gasteiger partial charge in [0.15, 0.2) is 0 Å². The van der Waals surface area contributed by atoms with Gasteiger partial charge >= 0.3 is 0 Å². The molecule has 0 fully saturated rings. The van der Waals surface area contributed by atoms with Gasteiger partial charge < -0.3 is 14.5 Å². The monoisotopic (exact) mass is 259 g/mol. The summed E-state index contributed by atoms with van der Waals surface area (Å²) in [6.07, 6.45) is 1.09. The van der Waals surface area contributed by atoms with Crippen molar-refractivity contribution in [3.05, 3.63) is 59.5 Å². The van der Waals surface area contributed by atoms with E-state index in [1.165, 1.54) is 5.56 Å². The largest absolute Gasteiger partial charge is 0.462 e. The number of ether oxygens (including phenoxy) is 1. The lowest BCUT2D eigenvalue weighted by atomic mass is 10.0. The minimum absolute atomic E-state index is 0.103. The Hall–Kier alpha value is -1.58. The molecule has 0 saturated carbocycles. The number of hydrogen-bond donors (Lipinski definition) is 1. The van der Waals surface area contributed by atoms with Crippen LogP contribution in [0.2, 0.25) is 0 Å². The molecule has 19 heavy (non-hydrogen) atoms. The summed E-state index contributed by atoms with van der Waals surface area (Å²) in [5.41, 5.74) is 1.22. The fraction of sp³-hybridized carbons (Fsp3) is 0.375. The van der Waals surface area contributed by atoms with Crippen molar-refractivity contribution in [2.24, 2.45) is 0 Å². The van der Waals surface area contributed by atoms with Gasteiger partial charge in [-0.15, -0.1) is 0 Å². The molecule has 0 spiro atoms. The molecule has 2 aromatic rings. The molecule has 3 heteroatoms. The van der Waals surface area contributed by atoms with E-state index in [9.17, 15) is 0 Å². The normalized spacial score (nSPS) is 12.5. The van der Waals surface area contributed by atoms with Crippen LogP contribution in [0.5, 0.6) is 0 Å². The highest BCUT2D eigenvalue weighted by Crippen LogP contribution is 2.24. The van der Waals surface area contributed by atoms with Gasteiger partial charge in [0.25, 0.3) is 0 Å². The van der Waals surface area contributed by atoms with E-state index in [0.717, 1.165) is 24.5 Å². The zero-order valence-electron chi connectivity index (χ0n) is 11.6. The third kappa shape index (κ3) is 3.69. The van der Waals surface area contributed by atoms with E-state index in [4.69, 9.17) is 9.15 Å². The molecule has 0 bridgehead atoms. The maximum absolute atomic E-state index is 5.85. The number of furan rings is 1. The summed E-state index contributed by atoms with van der Waals surface area (Å²) < 4.78 is 10.9. The second-order valence-corrected chi connectivity index (χ2v) is 4.53. The van der Waals surface area contributed by atoms with Crippen molar-refractivity contribution in [1.29, 1.82) is 0 Å². The quantitative estimate of drug-likeness (QED) is 0.826. The molecule has 1 N–H and O–H groups in total. The SMILES string of the molecule is CCCNC(c1ccccc1)c1ccc(COC)o1. The third-order valence-electron chi connectivity index (χ3n) is 2.98. The van der Waals surface area contributed by atoms with E-state index in [1.807, 2.05) is 18.2 Å². The number of benzene rings is 1. The molecule has 1 aromatic carbocycles. The summed E-state index contributed by atoms with van der Waals surface area (Å²) in [4.78, 5) is 0. The van der Waals surface area contributed by atoms with Gasteiger partial charge in [0.1, 0.15) is 18.1 Å². The van der Waals surface area contributed by atoms with Gasteiger partial charge in [-0.2, -0.15) is 0 Å². The lowest BCUT2D eigenvalue weighted by molar-refractivity contribution is 0.162. The van der Waals surface area contributed by atoms with E-state index in [1.54, 1.807) is 7.11 Å². The van der Waals surface area contributed by atoms with E-state index < -0.39 is 0 Å². The van der Waals surface area contributed by atoms with Crippen LogP contribution in [-0.4, -0.2) is 13.7 Å². The van der Waals surface area contributed by atoms with Gasteiger partial charge in [-0.1, -0.05) is 37.3 Å². The fourth-order valence-electron chi connectivity index (χ4n) is 2.09.